The molecule has 2 heteroatoms. The lowest BCUT2D eigenvalue weighted by molar-refractivity contribution is 0.247. The molecule has 0 spiro atoms. The van der Waals surface area contributed by atoms with Gasteiger partial charge >= 0.3 is 0 Å². The molecule has 1 nitrogen and oxygen atoms in total. The van der Waals surface area contributed by atoms with Gasteiger partial charge in [-0.25, -0.2) is 0 Å². The summed E-state index contributed by atoms with van der Waals surface area (Å²) >= 11 is 1.91. The van der Waals surface area contributed by atoms with Crippen LogP contribution in [0.5, 0.6) is 0 Å². The molecule has 2 saturated carbocycles. The number of fused-ring (bicyclic) bond motifs is 1. The first kappa shape index (κ1) is 11.0. The van der Waals surface area contributed by atoms with E-state index in [1.807, 2.05) is 11.3 Å². The second-order valence-electron chi connectivity index (χ2n) is 5.81. The maximum absolute atomic E-state index is 3.70. The molecule has 2 atom stereocenters. The van der Waals surface area contributed by atoms with E-state index >= 15 is 0 Å². The summed E-state index contributed by atoms with van der Waals surface area (Å²) < 4.78 is 1.53. The molecule has 2 aliphatic carbocycles. The fourth-order valence-electron chi connectivity index (χ4n) is 3.14. The van der Waals surface area contributed by atoms with Gasteiger partial charge in [-0.3, -0.25) is 0 Å². The molecule has 0 bridgehead atoms. The zero-order chi connectivity index (χ0) is 11.9. The van der Waals surface area contributed by atoms with Gasteiger partial charge in [-0.15, -0.1) is 11.3 Å². The molecular formula is C16H19NS. The first-order valence-electron chi connectivity index (χ1n) is 7.11. The van der Waals surface area contributed by atoms with E-state index in [1.165, 1.54) is 42.3 Å². The molecule has 94 valence electrons. The van der Waals surface area contributed by atoms with E-state index in [1.54, 1.807) is 5.56 Å². The zero-order valence-corrected chi connectivity index (χ0v) is 11.4. The summed E-state index contributed by atoms with van der Waals surface area (Å²) in [5.41, 5.74) is 1.61. The number of hydrogen-bond acceptors (Lipinski definition) is 2. The van der Waals surface area contributed by atoms with Crippen molar-refractivity contribution in [2.75, 3.05) is 6.54 Å². The molecule has 1 heterocycles. The van der Waals surface area contributed by atoms with Crippen LogP contribution in [0.2, 0.25) is 0 Å². The van der Waals surface area contributed by atoms with Crippen molar-refractivity contribution in [3.63, 3.8) is 0 Å². The van der Waals surface area contributed by atoms with Gasteiger partial charge in [0, 0.05) is 10.7 Å². The topological polar surface area (TPSA) is 12.0 Å². The van der Waals surface area contributed by atoms with E-state index in [2.05, 4.69) is 35.0 Å². The fraction of sp³-hybridized carbons (Fsp3) is 0.500. The Balaban J connectivity index is 1.56. The molecule has 0 amide bonds. The van der Waals surface area contributed by atoms with Crippen LogP contribution in [-0.4, -0.2) is 12.6 Å². The SMILES string of the molecule is c1cc(C2CCC2CNC2CC2)c2sccc2c1. The Morgan fingerprint density at radius 1 is 1.11 bits per heavy atom. The van der Waals surface area contributed by atoms with Crippen molar-refractivity contribution in [2.45, 2.75) is 37.6 Å². The summed E-state index contributed by atoms with van der Waals surface area (Å²) in [5.74, 6) is 1.68. The van der Waals surface area contributed by atoms with Crippen LogP contribution >= 0.6 is 11.3 Å². The Kier molecular flexibility index (Phi) is 2.66. The molecular weight excluding hydrogens is 238 g/mol. The van der Waals surface area contributed by atoms with Gasteiger partial charge < -0.3 is 5.32 Å². The molecule has 0 radical (unpaired) electrons. The second kappa shape index (κ2) is 4.36. The van der Waals surface area contributed by atoms with Gasteiger partial charge in [-0.2, -0.15) is 0 Å². The van der Waals surface area contributed by atoms with Crippen molar-refractivity contribution in [3.8, 4) is 0 Å². The van der Waals surface area contributed by atoms with Gasteiger partial charge in [0.2, 0.25) is 0 Å². The van der Waals surface area contributed by atoms with Crippen LogP contribution in [0.4, 0.5) is 0 Å². The Labute approximate surface area is 112 Å². The lowest BCUT2D eigenvalue weighted by Crippen LogP contribution is -2.34. The Hall–Kier alpha value is -0.860. The van der Waals surface area contributed by atoms with Crippen molar-refractivity contribution in [3.05, 3.63) is 35.2 Å². The molecule has 1 aromatic carbocycles. The number of thiophene rings is 1. The first-order chi connectivity index (χ1) is 8.92. The highest BCUT2D eigenvalue weighted by Gasteiger charge is 2.34. The predicted molar refractivity (Wildman–Crippen MR) is 78.3 cm³/mol. The van der Waals surface area contributed by atoms with Gasteiger partial charge in [-0.05, 0) is 66.5 Å². The van der Waals surface area contributed by atoms with E-state index in [0.29, 0.717) is 0 Å². The number of hydrogen-bond donors (Lipinski definition) is 1. The van der Waals surface area contributed by atoms with Gasteiger partial charge in [0.25, 0.3) is 0 Å². The highest BCUT2D eigenvalue weighted by Crippen LogP contribution is 2.45. The smallest absolute Gasteiger partial charge is 0.0377 e. The summed E-state index contributed by atoms with van der Waals surface area (Å²) in [5, 5.41) is 7.36. The van der Waals surface area contributed by atoms with Crippen LogP contribution < -0.4 is 5.32 Å². The summed E-state index contributed by atoms with van der Waals surface area (Å²) in [6, 6.07) is 9.93. The average Bonchev–Trinajstić information content (AvgIpc) is 3.04. The highest BCUT2D eigenvalue weighted by atomic mass is 32.1. The zero-order valence-electron chi connectivity index (χ0n) is 10.6. The maximum Gasteiger partial charge on any atom is 0.0377 e. The summed E-state index contributed by atoms with van der Waals surface area (Å²) in [6.45, 7) is 1.23. The number of rotatable bonds is 4. The Bertz CT molecular complexity index is 555. The third kappa shape index (κ3) is 1.88. The molecule has 0 saturated heterocycles. The highest BCUT2D eigenvalue weighted by molar-refractivity contribution is 7.17. The van der Waals surface area contributed by atoms with E-state index in [9.17, 15) is 0 Å². The monoisotopic (exact) mass is 257 g/mol. The van der Waals surface area contributed by atoms with Crippen molar-refractivity contribution in [1.29, 1.82) is 0 Å². The second-order valence-corrected chi connectivity index (χ2v) is 6.73. The lowest BCUT2D eigenvalue weighted by atomic mass is 9.70. The van der Waals surface area contributed by atoms with Gasteiger partial charge in [0.1, 0.15) is 0 Å². The standard InChI is InChI=1S/C16H19NS/c1-2-11-8-9-18-16(11)15(3-1)14-7-4-12(14)10-17-13-5-6-13/h1-3,8-9,12-14,17H,4-7,10H2. The van der Waals surface area contributed by atoms with E-state index in [4.69, 9.17) is 0 Å². The molecule has 4 rings (SSSR count). The predicted octanol–water partition coefficient (Wildman–Crippen LogP) is 4.15. The Morgan fingerprint density at radius 2 is 2.06 bits per heavy atom. The summed E-state index contributed by atoms with van der Waals surface area (Å²) in [6.07, 6.45) is 5.59. The van der Waals surface area contributed by atoms with Crippen molar-refractivity contribution >= 4 is 21.4 Å². The minimum Gasteiger partial charge on any atom is -0.314 e. The normalized spacial score (nSPS) is 27.3. The van der Waals surface area contributed by atoms with E-state index in [0.717, 1.165) is 17.9 Å². The number of benzene rings is 1. The van der Waals surface area contributed by atoms with Crippen molar-refractivity contribution in [2.24, 2.45) is 5.92 Å². The van der Waals surface area contributed by atoms with Gasteiger partial charge in [0.15, 0.2) is 0 Å². The molecule has 1 aromatic heterocycles. The molecule has 2 unspecified atom stereocenters. The summed E-state index contributed by atoms with van der Waals surface area (Å²) in [7, 11) is 0. The third-order valence-corrected chi connectivity index (χ3v) is 5.55. The van der Waals surface area contributed by atoms with Crippen molar-refractivity contribution < 1.29 is 0 Å². The Morgan fingerprint density at radius 3 is 2.83 bits per heavy atom. The molecule has 2 aliphatic rings. The van der Waals surface area contributed by atoms with Crippen LogP contribution in [-0.2, 0) is 0 Å². The molecule has 18 heavy (non-hydrogen) atoms. The minimum atomic E-state index is 0.804. The largest absolute Gasteiger partial charge is 0.314 e. The van der Waals surface area contributed by atoms with E-state index < -0.39 is 0 Å². The van der Waals surface area contributed by atoms with Gasteiger partial charge in [0.05, 0.1) is 0 Å². The van der Waals surface area contributed by atoms with E-state index in [-0.39, 0.29) is 0 Å². The maximum atomic E-state index is 3.70. The quantitative estimate of drug-likeness (QED) is 0.867. The summed E-state index contributed by atoms with van der Waals surface area (Å²) in [4.78, 5) is 0. The average molecular weight is 257 g/mol. The van der Waals surface area contributed by atoms with Gasteiger partial charge in [-0.1, -0.05) is 18.2 Å². The fourth-order valence-corrected chi connectivity index (χ4v) is 4.11. The minimum absolute atomic E-state index is 0.804. The molecule has 2 aromatic rings. The van der Waals surface area contributed by atoms with Crippen LogP contribution in [0.25, 0.3) is 10.1 Å². The first-order valence-corrected chi connectivity index (χ1v) is 7.99. The lowest BCUT2D eigenvalue weighted by Gasteiger charge is -2.37. The van der Waals surface area contributed by atoms with Crippen LogP contribution in [0.1, 0.15) is 37.2 Å². The number of nitrogens with one attached hydrogen (secondary N) is 1. The third-order valence-electron chi connectivity index (χ3n) is 4.57. The van der Waals surface area contributed by atoms with Crippen LogP contribution in [0, 0.1) is 5.92 Å². The molecule has 0 aliphatic heterocycles. The van der Waals surface area contributed by atoms with Crippen LogP contribution in [0.15, 0.2) is 29.6 Å². The van der Waals surface area contributed by atoms with Crippen molar-refractivity contribution in [1.82, 2.24) is 5.32 Å². The molecule has 1 N–H and O–H groups in total. The van der Waals surface area contributed by atoms with Crippen LogP contribution in [0.3, 0.4) is 0 Å². The molecule has 2 fully saturated rings.